The van der Waals surface area contributed by atoms with Crippen LogP contribution in [0.4, 0.5) is 4.79 Å². The molecule has 0 spiro atoms. The van der Waals surface area contributed by atoms with Crippen LogP contribution < -0.4 is 0 Å². The summed E-state index contributed by atoms with van der Waals surface area (Å²) < 4.78 is 5.65. The number of amides is 1. The fourth-order valence-electron chi connectivity index (χ4n) is 4.46. The van der Waals surface area contributed by atoms with Crippen LogP contribution >= 0.6 is 0 Å². The highest BCUT2D eigenvalue weighted by Crippen LogP contribution is 2.41. The van der Waals surface area contributed by atoms with E-state index in [0.717, 1.165) is 32.6 Å². The Labute approximate surface area is 140 Å². The summed E-state index contributed by atoms with van der Waals surface area (Å²) in [5, 5.41) is 0. The minimum Gasteiger partial charge on any atom is -0.444 e. The Kier molecular flexibility index (Phi) is 4.88. The van der Waals surface area contributed by atoms with E-state index < -0.39 is 5.60 Å². The predicted molar refractivity (Wildman–Crippen MR) is 91.5 cm³/mol. The number of rotatable bonds is 2. The quantitative estimate of drug-likeness (QED) is 0.781. The van der Waals surface area contributed by atoms with E-state index in [1.165, 1.54) is 25.9 Å². The van der Waals surface area contributed by atoms with Crippen molar-refractivity contribution in [1.82, 2.24) is 14.7 Å². The molecule has 5 heteroatoms. The second kappa shape index (κ2) is 6.60. The lowest BCUT2D eigenvalue weighted by Gasteiger charge is -2.38. The molecule has 3 aliphatic rings. The lowest BCUT2D eigenvalue weighted by atomic mass is 9.79. The monoisotopic (exact) mass is 323 g/mol. The second-order valence-corrected chi connectivity index (χ2v) is 8.66. The lowest BCUT2D eigenvalue weighted by Crippen LogP contribution is -2.49. The van der Waals surface area contributed by atoms with Crippen molar-refractivity contribution in [3.8, 4) is 0 Å². The van der Waals surface area contributed by atoms with Gasteiger partial charge in [0, 0.05) is 45.3 Å². The maximum atomic E-state index is 12.6. The van der Waals surface area contributed by atoms with Crippen LogP contribution in [-0.2, 0) is 4.74 Å². The SMILES string of the molecule is CN1CCN(CC2C3CCCC2N(C(=O)OC(C)(C)C)C3)CC1. The smallest absolute Gasteiger partial charge is 0.410 e. The first-order chi connectivity index (χ1) is 10.8. The van der Waals surface area contributed by atoms with Crippen LogP contribution in [0.5, 0.6) is 0 Å². The van der Waals surface area contributed by atoms with E-state index in [-0.39, 0.29) is 6.09 Å². The third-order valence-electron chi connectivity index (χ3n) is 5.70. The molecule has 2 heterocycles. The second-order valence-electron chi connectivity index (χ2n) is 8.66. The maximum Gasteiger partial charge on any atom is 0.410 e. The summed E-state index contributed by atoms with van der Waals surface area (Å²) in [7, 11) is 2.20. The Bertz CT molecular complexity index is 426. The van der Waals surface area contributed by atoms with Crippen molar-refractivity contribution in [1.29, 1.82) is 0 Å². The summed E-state index contributed by atoms with van der Waals surface area (Å²) in [6.07, 6.45) is 3.58. The number of carbonyl (C=O) groups is 1. The zero-order valence-electron chi connectivity index (χ0n) is 15.3. The normalized spacial score (nSPS) is 33.0. The van der Waals surface area contributed by atoms with E-state index in [0.29, 0.717) is 17.9 Å². The molecule has 0 aromatic heterocycles. The Morgan fingerprint density at radius 1 is 1.13 bits per heavy atom. The van der Waals surface area contributed by atoms with Gasteiger partial charge in [-0.2, -0.15) is 0 Å². The van der Waals surface area contributed by atoms with Crippen LogP contribution in [0, 0.1) is 11.8 Å². The van der Waals surface area contributed by atoms with Gasteiger partial charge in [0.25, 0.3) is 0 Å². The highest BCUT2D eigenvalue weighted by molar-refractivity contribution is 5.69. The zero-order valence-corrected chi connectivity index (χ0v) is 15.3. The van der Waals surface area contributed by atoms with Gasteiger partial charge >= 0.3 is 6.09 Å². The predicted octanol–water partition coefficient (Wildman–Crippen LogP) is 2.27. The number of nitrogens with zero attached hydrogens (tertiary/aromatic N) is 3. The first-order valence-corrected chi connectivity index (χ1v) is 9.24. The summed E-state index contributed by atoms with van der Waals surface area (Å²) in [5.41, 5.74) is -0.402. The van der Waals surface area contributed by atoms with E-state index in [4.69, 9.17) is 4.74 Å². The van der Waals surface area contributed by atoms with Crippen LogP contribution in [0.15, 0.2) is 0 Å². The molecule has 0 aromatic rings. The highest BCUT2D eigenvalue weighted by Gasteiger charge is 2.47. The first kappa shape index (κ1) is 17.0. The molecule has 2 aliphatic heterocycles. The van der Waals surface area contributed by atoms with Gasteiger partial charge in [0.2, 0.25) is 0 Å². The van der Waals surface area contributed by atoms with Crippen LogP contribution in [0.25, 0.3) is 0 Å². The Morgan fingerprint density at radius 3 is 2.48 bits per heavy atom. The van der Waals surface area contributed by atoms with Gasteiger partial charge < -0.3 is 19.4 Å². The van der Waals surface area contributed by atoms with Gasteiger partial charge in [-0.25, -0.2) is 4.79 Å². The molecule has 23 heavy (non-hydrogen) atoms. The number of likely N-dealkylation sites (N-methyl/N-ethyl adjacent to an activating group) is 1. The molecule has 2 bridgehead atoms. The Hall–Kier alpha value is -0.810. The number of piperazine rings is 1. The molecular weight excluding hydrogens is 290 g/mol. The summed E-state index contributed by atoms with van der Waals surface area (Å²) >= 11 is 0. The van der Waals surface area contributed by atoms with Crippen LogP contribution in [0.3, 0.4) is 0 Å². The van der Waals surface area contributed by atoms with Crippen molar-refractivity contribution in [3.05, 3.63) is 0 Å². The van der Waals surface area contributed by atoms with E-state index in [9.17, 15) is 4.79 Å². The van der Waals surface area contributed by atoms with Gasteiger partial charge in [-0.15, -0.1) is 0 Å². The molecule has 2 saturated heterocycles. The fraction of sp³-hybridized carbons (Fsp3) is 0.944. The molecule has 5 nitrogen and oxygen atoms in total. The molecule has 0 aromatic carbocycles. The molecule has 132 valence electrons. The number of ether oxygens (including phenoxy) is 1. The van der Waals surface area contributed by atoms with Crippen LogP contribution in [-0.4, -0.2) is 78.8 Å². The number of fused-ring (bicyclic) bond motifs is 2. The van der Waals surface area contributed by atoms with Gasteiger partial charge in [0.05, 0.1) is 0 Å². The van der Waals surface area contributed by atoms with Crippen molar-refractivity contribution in [2.75, 3.05) is 46.3 Å². The number of carbonyl (C=O) groups excluding carboxylic acids is 1. The van der Waals surface area contributed by atoms with E-state index in [2.05, 4.69) is 16.8 Å². The minimum atomic E-state index is -0.402. The molecule has 1 amide bonds. The summed E-state index contributed by atoms with van der Waals surface area (Å²) in [6, 6.07) is 0.392. The van der Waals surface area contributed by atoms with Crippen molar-refractivity contribution in [3.63, 3.8) is 0 Å². The van der Waals surface area contributed by atoms with Crippen molar-refractivity contribution >= 4 is 6.09 Å². The van der Waals surface area contributed by atoms with E-state index in [1.54, 1.807) is 0 Å². The van der Waals surface area contributed by atoms with Crippen LogP contribution in [0.2, 0.25) is 0 Å². The van der Waals surface area contributed by atoms with Gasteiger partial charge in [0.1, 0.15) is 5.60 Å². The van der Waals surface area contributed by atoms with Crippen molar-refractivity contribution in [2.45, 2.75) is 51.7 Å². The van der Waals surface area contributed by atoms with E-state index in [1.807, 2.05) is 25.7 Å². The first-order valence-electron chi connectivity index (χ1n) is 9.24. The number of hydrogen-bond donors (Lipinski definition) is 0. The molecule has 3 fully saturated rings. The molecule has 3 unspecified atom stereocenters. The summed E-state index contributed by atoms with van der Waals surface area (Å²) in [6.45, 7) is 12.6. The van der Waals surface area contributed by atoms with Gasteiger partial charge in [-0.3, -0.25) is 0 Å². The number of hydrogen-bond acceptors (Lipinski definition) is 4. The molecule has 0 N–H and O–H groups in total. The number of likely N-dealkylation sites (tertiary alicyclic amines) is 1. The highest BCUT2D eigenvalue weighted by atomic mass is 16.6. The van der Waals surface area contributed by atoms with E-state index >= 15 is 0 Å². The lowest BCUT2D eigenvalue weighted by molar-refractivity contribution is 0.0184. The van der Waals surface area contributed by atoms with Crippen LogP contribution in [0.1, 0.15) is 40.0 Å². The van der Waals surface area contributed by atoms with Gasteiger partial charge in [0.15, 0.2) is 0 Å². The topological polar surface area (TPSA) is 36.0 Å². The maximum absolute atomic E-state index is 12.6. The molecule has 3 rings (SSSR count). The molecule has 3 atom stereocenters. The van der Waals surface area contributed by atoms with Gasteiger partial charge in [-0.1, -0.05) is 6.42 Å². The molecule has 1 saturated carbocycles. The average Bonchev–Trinajstić information content (AvgIpc) is 2.66. The van der Waals surface area contributed by atoms with Crippen molar-refractivity contribution in [2.24, 2.45) is 11.8 Å². The molecule has 0 radical (unpaired) electrons. The van der Waals surface area contributed by atoms with Crippen molar-refractivity contribution < 1.29 is 9.53 Å². The third kappa shape index (κ3) is 4.00. The fourth-order valence-corrected chi connectivity index (χ4v) is 4.46. The average molecular weight is 323 g/mol. The largest absolute Gasteiger partial charge is 0.444 e. The summed E-state index contributed by atoms with van der Waals surface area (Å²) in [5.74, 6) is 1.31. The molecule has 1 aliphatic carbocycles. The third-order valence-corrected chi connectivity index (χ3v) is 5.70. The Balaban J connectivity index is 1.62. The molecular formula is C18H33N3O2. The zero-order chi connectivity index (χ0) is 16.6. The van der Waals surface area contributed by atoms with Gasteiger partial charge in [-0.05, 0) is 52.5 Å². The minimum absolute atomic E-state index is 0.102. The Morgan fingerprint density at radius 2 is 1.83 bits per heavy atom. The standard InChI is InChI=1S/C18H33N3O2/c1-18(2,3)23-17(22)21-12-14-6-5-7-16(21)15(14)13-20-10-8-19(4)9-11-20/h14-16H,5-13H2,1-4H3. The summed E-state index contributed by atoms with van der Waals surface area (Å²) in [4.78, 5) is 19.6.